The number of nitrogens with one attached hydrogen (secondary N) is 1. The summed E-state index contributed by atoms with van der Waals surface area (Å²) in [5.74, 6) is -0.727. The van der Waals surface area contributed by atoms with Crippen molar-refractivity contribution in [2.24, 2.45) is 11.1 Å². The van der Waals surface area contributed by atoms with Crippen molar-refractivity contribution in [3.05, 3.63) is 70.3 Å². The summed E-state index contributed by atoms with van der Waals surface area (Å²) >= 11 is 0. The standard InChI is InChI=1S/C27H30N4O3/c28-24-20-7-2-1-4-17(20)14-27(24)10-12-30(13-11-27)15-18-5-3-6-19-16-31(26(34)23(18)19)21-8-9-22(32)29-25(21)33/h1-7,21,24H,8-16,28H2,(H,29,32,33). The van der Waals surface area contributed by atoms with E-state index < -0.39 is 6.04 Å². The molecule has 3 aliphatic heterocycles. The van der Waals surface area contributed by atoms with Crippen LogP contribution in [0, 0.1) is 5.41 Å². The summed E-state index contributed by atoms with van der Waals surface area (Å²) < 4.78 is 0. The first kappa shape index (κ1) is 21.5. The zero-order valence-corrected chi connectivity index (χ0v) is 19.3. The number of nitrogens with zero attached hydrogens (tertiary/aromatic N) is 2. The third-order valence-corrected chi connectivity index (χ3v) is 8.48. The molecule has 2 saturated heterocycles. The van der Waals surface area contributed by atoms with Gasteiger partial charge < -0.3 is 10.6 Å². The van der Waals surface area contributed by atoms with Crippen LogP contribution < -0.4 is 11.1 Å². The minimum Gasteiger partial charge on any atom is -0.323 e. The summed E-state index contributed by atoms with van der Waals surface area (Å²) in [7, 11) is 0. The number of hydrogen-bond acceptors (Lipinski definition) is 5. The van der Waals surface area contributed by atoms with E-state index in [0.29, 0.717) is 13.0 Å². The lowest BCUT2D eigenvalue weighted by molar-refractivity contribution is -0.136. The van der Waals surface area contributed by atoms with E-state index in [1.807, 2.05) is 18.2 Å². The summed E-state index contributed by atoms with van der Waals surface area (Å²) in [6, 6.07) is 14.1. The highest BCUT2D eigenvalue weighted by Crippen LogP contribution is 2.50. The van der Waals surface area contributed by atoms with Crippen LogP contribution in [0.3, 0.4) is 0 Å². The minimum atomic E-state index is -0.578. The highest BCUT2D eigenvalue weighted by atomic mass is 16.2. The van der Waals surface area contributed by atoms with Crippen molar-refractivity contribution >= 4 is 17.7 Å². The number of rotatable bonds is 3. The second kappa shape index (κ2) is 8.03. The first-order chi connectivity index (χ1) is 16.4. The molecular weight excluding hydrogens is 428 g/mol. The van der Waals surface area contributed by atoms with Crippen LogP contribution in [-0.4, -0.2) is 46.7 Å². The van der Waals surface area contributed by atoms with Crippen molar-refractivity contribution in [2.45, 2.75) is 57.3 Å². The average molecular weight is 459 g/mol. The highest BCUT2D eigenvalue weighted by Gasteiger charge is 2.46. The third kappa shape index (κ3) is 3.37. The molecule has 7 heteroatoms. The van der Waals surface area contributed by atoms with E-state index >= 15 is 0 Å². The summed E-state index contributed by atoms with van der Waals surface area (Å²) in [4.78, 5) is 41.4. The largest absolute Gasteiger partial charge is 0.323 e. The van der Waals surface area contributed by atoms with Crippen molar-refractivity contribution < 1.29 is 14.4 Å². The second-order valence-electron chi connectivity index (χ2n) is 10.3. The summed E-state index contributed by atoms with van der Waals surface area (Å²) in [6.45, 7) is 3.05. The second-order valence-corrected chi connectivity index (χ2v) is 10.3. The molecule has 2 fully saturated rings. The summed E-state index contributed by atoms with van der Waals surface area (Å²) in [5, 5.41) is 2.38. The monoisotopic (exact) mass is 458 g/mol. The molecule has 3 amide bonds. The Morgan fingerprint density at radius 1 is 1.00 bits per heavy atom. The number of amides is 3. The van der Waals surface area contributed by atoms with Gasteiger partial charge in [0.15, 0.2) is 0 Å². The molecule has 176 valence electrons. The van der Waals surface area contributed by atoms with Gasteiger partial charge in [-0.2, -0.15) is 0 Å². The number of benzene rings is 2. The maximum Gasteiger partial charge on any atom is 0.255 e. The van der Waals surface area contributed by atoms with Crippen LogP contribution >= 0.6 is 0 Å². The topological polar surface area (TPSA) is 95.7 Å². The van der Waals surface area contributed by atoms with Gasteiger partial charge in [-0.15, -0.1) is 0 Å². The zero-order valence-electron chi connectivity index (χ0n) is 19.3. The fraction of sp³-hybridized carbons (Fsp3) is 0.444. The number of hydrogen-bond donors (Lipinski definition) is 2. The lowest BCUT2D eigenvalue weighted by atomic mass is 9.73. The van der Waals surface area contributed by atoms with Gasteiger partial charge in [0.25, 0.3) is 5.91 Å². The lowest BCUT2D eigenvalue weighted by Crippen LogP contribution is -2.52. The van der Waals surface area contributed by atoms with Crippen LogP contribution in [0.25, 0.3) is 0 Å². The normalized spacial score (nSPS) is 26.0. The number of piperidine rings is 2. The Balaban J connectivity index is 1.16. The van der Waals surface area contributed by atoms with E-state index in [1.165, 1.54) is 11.1 Å². The maximum atomic E-state index is 13.4. The molecule has 7 nitrogen and oxygen atoms in total. The molecule has 2 unspecified atom stereocenters. The van der Waals surface area contributed by atoms with Crippen LogP contribution in [0.15, 0.2) is 42.5 Å². The van der Waals surface area contributed by atoms with E-state index in [0.717, 1.165) is 55.6 Å². The van der Waals surface area contributed by atoms with Crippen molar-refractivity contribution in [2.75, 3.05) is 13.1 Å². The van der Waals surface area contributed by atoms with Crippen LogP contribution in [0.4, 0.5) is 0 Å². The van der Waals surface area contributed by atoms with Gasteiger partial charge in [0.2, 0.25) is 11.8 Å². The molecule has 0 radical (unpaired) electrons. The summed E-state index contributed by atoms with van der Waals surface area (Å²) in [6.07, 6.45) is 3.81. The van der Waals surface area contributed by atoms with Crippen LogP contribution in [0.5, 0.6) is 0 Å². The van der Waals surface area contributed by atoms with Gasteiger partial charge in [0.05, 0.1) is 0 Å². The number of carbonyl (C=O) groups excluding carboxylic acids is 3. The minimum absolute atomic E-state index is 0.0930. The SMILES string of the molecule is NC1c2ccccc2CC12CCN(Cc1cccc3c1C(=O)N(C1CCC(=O)NC1=O)C3)CC2. The first-order valence-electron chi connectivity index (χ1n) is 12.3. The number of carbonyl (C=O) groups is 3. The molecule has 0 bridgehead atoms. The molecule has 0 saturated carbocycles. The fourth-order valence-corrected chi connectivity index (χ4v) is 6.52. The predicted octanol–water partition coefficient (Wildman–Crippen LogP) is 2.29. The van der Waals surface area contributed by atoms with E-state index in [9.17, 15) is 14.4 Å². The Kier molecular flexibility index (Phi) is 5.08. The predicted molar refractivity (Wildman–Crippen MR) is 127 cm³/mol. The van der Waals surface area contributed by atoms with Gasteiger partial charge in [0, 0.05) is 31.1 Å². The Labute approximate surface area is 199 Å². The van der Waals surface area contributed by atoms with Crippen molar-refractivity contribution in [1.29, 1.82) is 0 Å². The van der Waals surface area contributed by atoms with Gasteiger partial charge in [-0.3, -0.25) is 24.6 Å². The molecule has 4 aliphatic rings. The Hall–Kier alpha value is -3.03. The van der Waals surface area contributed by atoms with Gasteiger partial charge in [-0.05, 0) is 66.4 Å². The molecule has 1 spiro atoms. The van der Waals surface area contributed by atoms with Crippen LogP contribution in [0.2, 0.25) is 0 Å². The number of imide groups is 1. The maximum absolute atomic E-state index is 13.4. The Bertz CT molecular complexity index is 1180. The van der Waals surface area contributed by atoms with Gasteiger partial charge in [-0.1, -0.05) is 42.5 Å². The molecule has 2 aromatic rings. The number of likely N-dealkylation sites (tertiary alicyclic amines) is 1. The van der Waals surface area contributed by atoms with E-state index in [1.54, 1.807) is 4.90 Å². The molecule has 6 rings (SSSR count). The molecular formula is C27H30N4O3. The Morgan fingerprint density at radius 3 is 2.53 bits per heavy atom. The quantitative estimate of drug-likeness (QED) is 0.688. The van der Waals surface area contributed by atoms with E-state index in [4.69, 9.17) is 5.73 Å². The molecule has 2 atom stereocenters. The molecule has 2 aromatic carbocycles. The van der Waals surface area contributed by atoms with Crippen molar-refractivity contribution in [3.63, 3.8) is 0 Å². The third-order valence-electron chi connectivity index (χ3n) is 8.48. The number of nitrogens with two attached hydrogens (primary N) is 1. The van der Waals surface area contributed by atoms with Crippen molar-refractivity contribution in [3.8, 4) is 0 Å². The first-order valence-corrected chi connectivity index (χ1v) is 12.3. The molecule has 3 heterocycles. The highest BCUT2D eigenvalue weighted by molar-refractivity contribution is 6.06. The lowest BCUT2D eigenvalue weighted by Gasteiger charge is -2.42. The van der Waals surface area contributed by atoms with Crippen LogP contribution in [-0.2, 0) is 29.1 Å². The average Bonchev–Trinajstić information content (AvgIpc) is 3.31. The fourth-order valence-electron chi connectivity index (χ4n) is 6.52. The molecule has 0 aromatic heterocycles. The molecule has 1 aliphatic carbocycles. The molecule has 3 N–H and O–H groups in total. The van der Waals surface area contributed by atoms with Crippen molar-refractivity contribution in [1.82, 2.24) is 15.1 Å². The van der Waals surface area contributed by atoms with Gasteiger partial charge in [0.1, 0.15) is 6.04 Å². The van der Waals surface area contributed by atoms with Crippen LogP contribution in [0.1, 0.15) is 64.3 Å². The van der Waals surface area contributed by atoms with Gasteiger partial charge >= 0.3 is 0 Å². The Morgan fingerprint density at radius 2 is 1.76 bits per heavy atom. The van der Waals surface area contributed by atoms with E-state index in [-0.39, 0.29) is 35.6 Å². The molecule has 34 heavy (non-hydrogen) atoms. The smallest absolute Gasteiger partial charge is 0.255 e. The zero-order chi connectivity index (χ0) is 23.4. The summed E-state index contributed by atoms with van der Waals surface area (Å²) in [5.41, 5.74) is 12.3. The number of fused-ring (bicyclic) bond motifs is 2. The van der Waals surface area contributed by atoms with Gasteiger partial charge in [-0.25, -0.2) is 0 Å². The van der Waals surface area contributed by atoms with E-state index in [2.05, 4.69) is 34.5 Å².